The molecule has 19 heavy (non-hydrogen) atoms. The van der Waals surface area contributed by atoms with E-state index in [0.717, 1.165) is 0 Å². The molecule has 1 rings (SSSR count). The number of nitrogens with one attached hydrogen (secondary N) is 2. The van der Waals surface area contributed by atoms with Crippen molar-refractivity contribution in [1.82, 2.24) is 10.6 Å². The number of amides is 2. The first kappa shape index (κ1) is 15.2. The fourth-order valence-electron chi connectivity index (χ4n) is 1.33. The van der Waals surface area contributed by atoms with Gasteiger partial charge in [0, 0.05) is 23.9 Å². The lowest BCUT2D eigenvalue weighted by Crippen LogP contribution is -2.40. The van der Waals surface area contributed by atoms with Gasteiger partial charge in [-0.2, -0.15) is 11.3 Å². The highest BCUT2D eigenvalue weighted by molar-refractivity contribution is 7.08. The molecule has 1 atom stereocenters. The summed E-state index contributed by atoms with van der Waals surface area (Å²) in [5.41, 5.74) is 0.577. The summed E-state index contributed by atoms with van der Waals surface area (Å²) in [6.45, 7) is 1.75. The van der Waals surface area contributed by atoms with E-state index >= 15 is 0 Å². The van der Waals surface area contributed by atoms with Crippen LogP contribution < -0.4 is 10.6 Å². The van der Waals surface area contributed by atoms with Crippen LogP contribution in [0.1, 0.15) is 23.7 Å². The second kappa shape index (κ2) is 7.52. The van der Waals surface area contributed by atoms with Crippen molar-refractivity contribution in [3.05, 3.63) is 22.4 Å². The third-order valence-electron chi connectivity index (χ3n) is 2.35. The van der Waals surface area contributed by atoms with E-state index in [1.54, 1.807) is 16.8 Å². The average molecular weight is 284 g/mol. The maximum atomic E-state index is 11.6. The summed E-state index contributed by atoms with van der Waals surface area (Å²) in [6, 6.07) is 1.02. The number of hydrogen-bond donors (Lipinski definition) is 2. The van der Waals surface area contributed by atoms with Crippen LogP contribution in [0.25, 0.3) is 0 Å². The molecule has 0 aliphatic rings. The lowest BCUT2D eigenvalue weighted by molar-refractivity contribution is -0.144. The zero-order valence-electron chi connectivity index (χ0n) is 10.8. The third-order valence-corrected chi connectivity index (χ3v) is 3.04. The molecule has 0 saturated heterocycles. The predicted molar refractivity (Wildman–Crippen MR) is 70.9 cm³/mol. The highest BCUT2D eigenvalue weighted by Gasteiger charge is 2.15. The molecule has 1 heterocycles. The summed E-state index contributed by atoms with van der Waals surface area (Å²) in [4.78, 5) is 34.1. The highest BCUT2D eigenvalue weighted by Crippen LogP contribution is 2.05. The molecule has 1 unspecified atom stereocenters. The molecule has 0 aliphatic heterocycles. The Morgan fingerprint density at radius 3 is 2.74 bits per heavy atom. The number of esters is 1. The predicted octanol–water partition coefficient (Wildman–Crippen LogP) is 0.546. The molecule has 6 nitrogen and oxygen atoms in total. The Morgan fingerprint density at radius 2 is 2.16 bits per heavy atom. The number of ether oxygens (including phenoxy) is 1. The second-order valence-electron chi connectivity index (χ2n) is 3.83. The molecule has 0 aliphatic carbocycles. The maximum absolute atomic E-state index is 11.6. The fourth-order valence-corrected chi connectivity index (χ4v) is 1.97. The van der Waals surface area contributed by atoms with Crippen molar-refractivity contribution < 1.29 is 19.1 Å². The van der Waals surface area contributed by atoms with E-state index in [9.17, 15) is 14.4 Å². The van der Waals surface area contributed by atoms with Crippen LogP contribution in [-0.2, 0) is 14.3 Å². The molecule has 0 aromatic carbocycles. The van der Waals surface area contributed by atoms with E-state index in [1.165, 1.54) is 25.4 Å². The van der Waals surface area contributed by atoms with Gasteiger partial charge in [-0.1, -0.05) is 0 Å². The van der Waals surface area contributed by atoms with Crippen LogP contribution in [0.4, 0.5) is 0 Å². The highest BCUT2D eigenvalue weighted by atomic mass is 32.1. The van der Waals surface area contributed by atoms with Crippen LogP contribution in [0.5, 0.6) is 0 Å². The van der Waals surface area contributed by atoms with Crippen molar-refractivity contribution in [2.75, 3.05) is 13.7 Å². The molecule has 2 N–H and O–H groups in total. The van der Waals surface area contributed by atoms with Crippen LogP contribution >= 0.6 is 11.3 Å². The van der Waals surface area contributed by atoms with Crippen LogP contribution in [0.3, 0.4) is 0 Å². The van der Waals surface area contributed by atoms with Crippen LogP contribution in [0.2, 0.25) is 0 Å². The number of hydrogen-bond acceptors (Lipinski definition) is 5. The molecule has 7 heteroatoms. The first-order valence-electron chi connectivity index (χ1n) is 5.72. The van der Waals surface area contributed by atoms with Crippen LogP contribution in [0.15, 0.2) is 16.8 Å². The van der Waals surface area contributed by atoms with Crippen molar-refractivity contribution in [3.8, 4) is 0 Å². The standard InChI is InChI=1S/C12H16N2O4S/c1-8(12(17)18-2)14-10(15)3-5-13-11(16)9-4-6-19-7-9/h4,6-8H,3,5H2,1-2H3,(H,13,16)(H,14,15). The van der Waals surface area contributed by atoms with Gasteiger partial charge in [-0.05, 0) is 18.4 Å². The van der Waals surface area contributed by atoms with Crippen molar-refractivity contribution in [1.29, 1.82) is 0 Å². The Kier molecular flexibility index (Phi) is 6.01. The minimum Gasteiger partial charge on any atom is -0.467 e. The number of carbonyl (C=O) groups excluding carboxylic acids is 3. The molecule has 0 radical (unpaired) electrons. The molecular formula is C12H16N2O4S. The van der Waals surface area contributed by atoms with E-state index < -0.39 is 12.0 Å². The summed E-state index contributed by atoms with van der Waals surface area (Å²) in [5, 5.41) is 8.64. The monoisotopic (exact) mass is 284 g/mol. The fraction of sp³-hybridized carbons (Fsp3) is 0.417. The number of thiophene rings is 1. The zero-order chi connectivity index (χ0) is 14.3. The summed E-state index contributed by atoms with van der Waals surface area (Å²) in [5.74, 6) is -1.03. The molecule has 1 aromatic heterocycles. The second-order valence-corrected chi connectivity index (χ2v) is 4.61. The SMILES string of the molecule is COC(=O)C(C)NC(=O)CCNC(=O)c1ccsc1. The first-order chi connectivity index (χ1) is 9.04. The zero-order valence-corrected chi connectivity index (χ0v) is 11.6. The van der Waals surface area contributed by atoms with Gasteiger partial charge < -0.3 is 15.4 Å². The molecule has 2 amide bonds. The van der Waals surface area contributed by atoms with Gasteiger partial charge >= 0.3 is 5.97 Å². The van der Waals surface area contributed by atoms with Gasteiger partial charge in [0.05, 0.1) is 7.11 Å². The summed E-state index contributed by atoms with van der Waals surface area (Å²) in [6.07, 6.45) is 0.108. The summed E-state index contributed by atoms with van der Waals surface area (Å²) >= 11 is 1.43. The quantitative estimate of drug-likeness (QED) is 0.747. The number of methoxy groups -OCH3 is 1. The molecular weight excluding hydrogens is 268 g/mol. The molecule has 0 fully saturated rings. The Labute approximate surface area is 115 Å². The van der Waals surface area contributed by atoms with Gasteiger partial charge in [-0.3, -0.25) is 9.59 Å². The molecule has 0 spiro atoms. The lowest BCUT2D eigenvalue weighted by Gasteiger charge is -2.11. The van der Waals surface area contributed by atoms with Gasteiger partial charge in [0.2, 0.25) is 5.91 Å². The van der Waals surface area contributed by atoms with Crippen LogP contribution in [0, 0.1) is 0 Å². The van der Waals surface area contributed by atoms with Crippen molar-refractivity contribution in [2.24, 2.45) is 0 Å². The van der Waals surface area contributed by atoms with Gasteiger partial charge in [0.1, 0.15) is 6.04 Å². The Bertz CT molecular complexity index is 445. The van der Waals surface area contributed by atoms with E-state index in [4.69, 9.17) is 0 Å². The molecule has 104 valence electrons. The van der Waals surface area contributed by atoms with E-state index in [0.29, 0.717) is 5.56 Å². The van der Waals surface area contributed by atoms with Gasteiger partial charge in [0.25, 0.3) is 5.91 Å². The lowest BCUT2D eigenvalue weighted by atomic mass is 10.3. The van der Waals surface area contributed by atoms with E-state index in [1.807, 2.05) is 0 Å². The van der Waals surface area contributed by atoms with Crippen LogP contribution in [-0.4, -0.2) is 37.5 Å². The summed E-state index contributed by atoms with van der Waals surface area (Å²) < 4.78 is 4.48. The van der Waals surface area contributed by atoms with Crippen molar-refractivity contribution >= 4 is 29.1 Å². The number of rotatable bonds is 6. The molecule has 1 aromatic rings. The largest absolute Gasteiger partial charge is 0.467 e. The normalized spacial score (nSPS) is 11.5. The molecule has 0 bridgehead atoms. The maximum Gasteiger partial charge on any atom is 0.328 e. The first-order valence-corrected chi connectivity index (χ1v) is 6.66. The Morgan fingerprint density at radius 1 is 1.42 bits per heavy atom. The number of carbonyl (C=O) groups is 3. The minimum atomic E-state index is -0.690. The topological polar surface area (TPSA) is 84.5 Å². The van der Waals surface area contributed by atoms with E-state index in [-0.39, 0.29) is 24.8 Å². The van der Waals surface area contributed by atoms with Gasteiger partial charge in [0.15, 0.2) is 0 Å². The smallest absolute Gasteiger partial charge is 0.328 e. The third kappa shape index (κ3) is 5.09. The molecule has 0 saturated carbocycles. The summed E-state index contributed by atoms with van der Waals surface area (Å²) in [7, 11) is 1.26. The van der Waals surface area contributed by atoms with E-state index in [2.05, 4.69) is 15.4 Å². The van der Waals surface area contributed by atoms with Gasteiger partial charge in [-0.25, -0.2) is 4.79 Å². The Balaban J connectivity index is 2.24. The Hall–Kier alpha value is -1.89. The van der Waals surface area contributed by atoms with Crippen molar-refractivity contribution in [3.63, 3.8) is 0 Å². The average Bonchev–Trinajstić information content (AvgIpc) is 2.91. The van der Waals surface area contributed by atoms with Gasteiger partial charge in [-0.15, -0.1) is 0 Å². The van der Waals surface area contributed by atoms with Crippen molar-refractivity contribution in [2.45, 2.75) is 19.4 Å². The minimum absolute atomic E-state index is 0.108.